The van der Waals surface area contributed by atoms with Crippen LogP contribution in [-0.2, 0) is 23.6 Å². The average molecular weight is 318 g/mol. The van der Waals surface area contributed by atoms with E-state index in [-0.39, 0.29) is 11.6 Å². The molecule has 0 radical (unpaired) electrons. The quantitative estimate of drug-likeness (QED) is 0.771. The molecule has 0 amide bonds. The van der Waals surface area contributed by atoms with Gasteiger partial charge in [-0.2, -0.15) is 0 Å². The monoisotopic (exact) mass is 318 g/mol. The number of rotatable bonds is 5. The molecule has 3 heterocycles. The van der Waals surface area contributed by atoms with Gasteiger partial charge in [-0.25, -0.2) is 18.1 Å². The molecule has 0 saturated carbocycles. The van der Waals surface area contributed by atoms with Crippen molar-refractivity contribution >= 4 is 10.0 Å². The summed E-state index contributed by atoms with van der Waals surface area (Å²) >= 11 is 0. The summed E-state index contributed by atoms with van der Waals surface area (Å²) in [6.07, 6.45) is 6.07. The van der Waals surface area contributed by atoms with Crippen molar-refractivity contribution in [3.63, 3.8) is 0 Å². The molecule has 22 heavy (non-hydrogen) atoms. The van der Waals surface area contributed by atoms with Crippen molar-refractivity contribution in [2.24, 2.45) is 7.05 Å². The lowest BCUT2D eigenvalue weighted by molar-refractivity contribution is 0.576. The van der Waals surface area contributed by atoms with Crippen LogP contribution in [0.5, 0.6) is 0 Å². The minimum absolute atomic E-state index is 0.00448. The highest BCUT2D eigenvalue weighted by atomic mass is 32.2. The molecule has 8 heteroatoms. The van der Waals surface area contributed by atoms with Crippen LogP contribution in [0.25, 0.3) is 11.5 Å². The normalized spacial score (nSPS) is 11.7. The third kappa shape index (κ3) is 3.07. The Morgan fingerprint density at radius 2 is 2.14 bits per heavy atom. The molecule has 0 bridgehead atoms. The third-order valence-electron chi connectivity index (χ3n) is 3.02. The van der Waals surface area contributed by atoms with Crippen LogP contribution in [0, 0.1) is 0 Å². The summed E-state index contributed by atoms with van der Waals surface area (Å²) < 4.78 is 33.4. The number of aromatic nitrogens is 3. The number of imidazole rings is 1. The van der Waals surface area contributed by atoms with Gasteiger partial charge < -0.3 is 8.98 Å². The van der Waals surface area contributed by atoms with Gasteiger partial charge in [0.05, 0.1) is 12.6 Å². The van der Waals surface area contributed by atoms with Crippen molar-refractivity contribution in [3.05, 3.63) is 54.8 Å². The van der Waals surface area contributed by atoms with Crippen LogP contribution in [0.4, 0.5) is 0 Å². The predicted molar refractivity (Wildman–Crippen MR) is 79.2 cm³/mol. The number of aryl methyl sites for hydroxylation is 1. The minimum Gasteiger partial charge on any atom is -0.463 e. The first-order valence-electron chi connectivity index (χ1n) is 6.51. The van der Waals surface area contributed by atoms with Gasteiger partial charge in [0.25, 0.3) is 10.0 Å². The van der Waals surface area contributed by atoms with Gasteiger partial charge in [0, 0.05) is 26.0 Å². The largest absolute Gasteiger partial charge is 0.463 e. The lowest BCUT2D eigenvalue weighted by Gasteiger charge is -2.04. The van der Waals surface area contributed by atoms with Gasteiger partial charge >= 0.3 is 0 Å². The lowest BCUT2D eigenvalue weighted by atomic mass is 10.2. The Bertz CT molecular complexity index is 852. The Balaban J connectivity index is 1.69. The van der Waals surface area contributed by atoms with Crippen LogP contribution in [0.1, 0.15) is 5.56 Å². The Morgan fingerprint density at radius 1 is 1.27 bits per heavy atom. The molecular formula is C14H14N4O3S. The van der Waals surface area contributed by atoms with E-state index in [1.807, 2.05) is 6.07 Å². The topological polar surface area (TPSA) is 90.0 Å². The van der Waals surface area contributed by atoms with Gasteiger partial charge in [0.1, 0.15) is 5.69 Å². The van der Waals surface area contributed by atoms with Crippen molar-refractivity contribution in [2.75, 3.05) is 0 Å². The van der Waals surface area contributed by atoms with Crippen molar-refractivity contribution in [2.45, 2.75) is 11.6 Å². The Labute approximate surface area is 127 Å². The second-order valence-corrected chi connectivity index (χ2v) is 6.44. The number of hydrogen-bond donors (Lipinski definition) is 1. The highest BCUT2D eigenvalue weighted by Crippen LogP contribution is 2.17. The van der Waals surface area contributed by atoms with Crippen LogP contribution in [0.15, 0.2) is 58.7 Å². The molecule has 0 unspecified atom stereocenters. The van der Waals surface area contributed by atoms with Gasteiger partial charge in [-0.05, 0) is 23.8 Å². The fourth-order valence-electron chi connectivity index (χ4n) is 1.88. The van der Waals surface area contributed by atoms with Crippen LogP contribution in [0.3, 0.4) is 0 Å². The molecule has 0 saturated heterocycles. The second-order valence-electron chi connectivity index (χ2n) is 4.73. The standard InChI is InChI=1S/C14H14N4O3S/c1-18-9-14(16-10-18)22(19,20)17-8-11-4-5-12(15-7-11)13-3-2-6-21-13/h2-7,9-10,17H,8H2,1H3. The number of furan rings is 1. The zero-order valence-electron chi connectivity index (χ0n) is 11.8. The summed E-state index contributed by atoms with van der Waals surface area (Å²) in [5.41, 5.74) is 1.44. The molecule has 0 atom stereocenters. The zero-order valence-corrected chi connectivity index (χ0v) is 12.6. The minimum atomic E-state index is -3.62. The van der Waals surface area contributed by atoms with E-state index in [1.165, 1.54) is 12.5 Å². The fourth-order valence-corrected chi connectivity index (χ4v) is 2.87. The molecular weight excluding hydrogens is 304 g/mol. The third-order valence-corrected chi connectivity index (χ3v) is 4.31. The summed E-state index contributed by atoms with van der Waals surface area (Å²) in [4.78, 5) is 8.08. The van der Waals surface area contributed by atoms with E-state index in [4.69, 9.17) is 4.42 Å². The molecule has 0 fully saturated rings. The average Bonchev–Trinajstić information content (AvgIpc) is 3.17. The molecule has 114 valence electrons. The van der Waals surface area contributed by atoms with E-state index in [0.717, 1.165) is 5.56 Å². The summed E-state index contributed by atoms with van der Waals surface area (Å²) in [5.74, 6) is 0.667. The zero-order chi connectivity index (χ0) is 15.6. The maximum Gasteiger partial charge on any atom is 0.259 e. The molecule has 0 aliphatic rings. The highest BCUT2D eigenvalue weighted by Gasteiger charge is 2.16. The number of nitrogens with one attached hydrogen (secondary N) is 1. The van der Waals surface area contributed by atoms with Gasteiger partial charge in [-0.15, -0.1) is 0 Å². The summed E-state index contributed by atoms with van der Waals surface area (Å²) in [6.45, 7) is 0.143. The summed E-state index contributed by atoms with van der Waals surface area (Å²) in [5, 5.41) is -0.00448. The molecule has 7 nitrogen and oxygen atoms in total. The van der Waals surface area contributed by atoms with Crippen molar-refractivity contribution in [3.8, 4) is 11.5 Å². The number of sulfonamides is 1. The van der Waals surface area contributed by atoms with Gasteiger partial charge in [-0.1, -0.05) is 6.07 Å². The van der Waals surface area contributed by atoms with Crippen molar-refractivity contribution in [1.82, 2.24) is 19.3 Å². The van der Waals surface area contributed by atoms with Crippen LogP contribution < -0.4 is 4.72 Å². The fraction of sp³-hybridized carbons (Fsp3) is 0.143. The van der Waals surface area contributed by atoms with E-state index in [0.29, 0.717) is 11.5 Å². The van der Waals surface area contributed by atoms with E-state index < -0.39 is 10.0 Å². The van der Waals surface area contributed by atoms with Gasteiger partial charge in [0.2, 0.25) is 0 Å². The molecule has 0 aliphatic heterocycles. The van der Waals surface area contributed by atoms with Crippen molar-refractivity contribution in [1.29, 1.82) is 0 Å². The molecule has 0 aromatic carbocycles. The molecule has 3 aromatic heterocycles. The highest BCUT2D eigenvalue weighted by molar-refractivity contribution is 7.89. The van der Waals surface area contributed by atoms with E-state index in [9.17, 15) is 8.42 Å². The maximum absolute atomic E-state index is 12.1. The Kier molecular flexibility index (Phi) is 3.78. The van der Waals surface area contributed by atoms with E-state index >= 15 is 0 Å². The Morgan fingerprint density at radius 3 is 2.73 bits per heavy atom. The Hall–Kier alpha value is -2.45. The SMILES string of the molecule is Cn1cnc(S(=O)(=O)NCc2ccc(-c3ccco3)nc2)c1. The van der Waals surface area contributed by atoms with Crippen LogP contribution in [-0.4, -0.2) is 23.0 Å². The van der Waals surface area contributed by atoms with Crippen LogP contribution in [0.2, 0.25) is 0 Å². The lowest BCUT2D eigenvalue weighted by Crippen LogP contribution is -2.23. The van der Waals surface area contributed by atoms with Crippen molar-refractivity contribution < 1.29 is 12.8 Å². The second kappa shape index (κ2) is 5.74. The summed E-state index contributed by atoms with van der Waals surface area (Å²) in [6, 6.07) is 7.17. The molecule has 3 rings (SSSR count). The number of hydrogen-bond acceptors (Lipinski definition) is 5. The van der Waals surface area contributed by atoms with Crippen LogP contribution >= 0.6 is 0 Å². The van der Waals surface area contributed by atoms with Gasteiger partial charge in [0.15, 0.2) is 10.8 Å². The molecule has 0 spiro atoms. The number of nitrogens with zero attached hydrogens (tertiary/aromatic N) is 3. The first-order chi connectivity index (χ1) is 10.5. The van der Waals surface area contributed by atoms with Gasteiger partial charge in [-0.3, -0.25) is 4.98 Å². The summed E-state index contributed by atoms with van der Waals surface area (Å²) in [7, 11) is -1.91. The smallest absolute Gasteiger partial charge is 0.259 e. The predicted octanol–water partition coefficient (Wildman–Crippen LogP) is 1.55. The first kappa shape index (κ1) is 14.5. The number of pyridine rings is 1. The molecule has 1 N–H and O–H groups in total. The van der Waals surface area contributed by atoms with E-state index in [1.54, 1.807) is 42.3 Å². The molecule has 3 aromatic rings. The van der Waals surface area contributed by atoms with E-state index in [2.05, 4.69) is 14.7 Å². The molecule has 0 aliphatic carbocycles. The first-order valence-corrected chi connectivity index (χ1v) is 7.99. The maximum atomic E-state index is 12.1.